The molecule has 0 saturated carbocycles. The van der Waals surface area contributed by atoms with E-state index in [1.54, 1.807) is 12.2 Å². The van der Waals surface area contributed by atoms with Gasteiger partial charge in [-0.2, -0.15) is 0 Å². The maximum absolute atomic E-state index is 5.38. The van der Waals surface area contributed by atoms with E-state index in [0.29, 0.717) is 0 Å². The van der Waals surface area contributed by atoms with E-state index in [2.05, 4.69) is 159 Å². The summed E-state index contributed by atoms with van der Waals surface area (Å²) in [6, 6.07) is 19.0. The Labute approximate surface area is 307 Å². The predicted molar refractivity (Wildman–Crippen MR) is 228 cm³/mol. The number of H-pyrrole nitrogens is 2. The fourth-order valence-electron chi connectivity index (χ4n) is 6.66. The van der Waals surface area contributed by atoms with Crippen molar-refractivity contribution in [2.75, 3.05) is 0 Å². The summed E-state index contributed by atoms with van der Waals surface area (Å²) in [7, 11) is 0. The van der Waals surface area contributed by atoms with E-state index in [4.69, 9.17) is 9.97 Å². The highest BCUT2D eigenvalue weighted by molar-refractivity contribution is 5.99. The predicted octanol–water partition coefficient (Wildman–Crippen LogP) is 13.1. The van der Waals surface area contributed by atoms with Crippen molar-refractivity contribution in [3.63, 3.8) is 0 Å². The highest BCUT2D eigenvalue weighted by Gasteiger charge is 2.19. The van der Waals surface area contributed by atoms with Crippen molar-refractivity contribution in [3.8, 4) is 11.1 Å². The molecule has 0 spiro atoms. The molecule has 256 valence electrons. The Morgan fingerprint density at radius 3 is 1.56 bits per heavy atom. The van der Waals surface area contributed by atoms with Gasteiger partial charge in [-0.05, 0) is 98.0 Å². The van der Waals surface area contributed by atoms with Crippen LogP contribution < -0.4 is 0 Å². The molecule has 2 aliphatic rings. The molecule has 2 aliphatic heterocycles. The zero-order chi connectivity index (χ0) is 36.5. The number of fused-ring (bicyclic) bond motifs is 8. The molecular weight excluding hydrogens is 633 g/mol. The molecule has 52 heavy (non-hydrogen) atoms. The lowest BCUT2D eigenvalue weighted by molar-refractivity contribution is 1.28. The molecule has 5 heterocycles. The first-order chi connectivity index (χ1) is 25.5. The topological polar surface area (TPSA) is 57.4 Å². The van der Waals surface area contributed by atoms with Crippen LogP contribution in [0.5, 0.6) is 0 Å². The summed E-state index contributed by atoms with van der Waals surface area (Å²) in [6.45, 7) is 18.0. The summed E-state index contributed by atoms with van der Waals surface area (Å²) in [5, 5.41) is 0. The first kappa shape index (κ1) is 35.3. The molecule has 0 fully saturated rings. The van der Waals surface area contributed by atoms with Crippen LogP contribution in [0.1, 0.15) is 66.7 Å². The van der Waals surface area contributed by atoms with E-state index < -0.39 is 0 Å². The van der Waals surface area contributed by atoms with Gasteiger partial charge in [-0.3, -0.25) is 0 Å². The van der Waals surface area contributed by atoms with Gasteiger partial charge in [0.1, 0.15) is 0 Å². The van der Waals surface area contributed by atoms with Crippen molar-refractivity contribution in [1.82, 2.24) is 19.9 Å². The average molecular weight is 677 g/mol. The molecule has 0 unspecified atom stereocenters. The van der Waals surface area contributed by atoms with Crippen molar-refractivity contribution in [2.24, 2.45) is 0 Å². The molecule has 0 aliphatic carbocycles. The summed E-state index contributed by atoms with van der Waals surface area (Å²) in [5.74, 6) is 0. The van der Waals surface area contributed by atoms with Gasteiger partial charge in [0.05, 0.1) is 22.8 Å². The number of rotatable bonds is 11. The van der Waals surface area contributed by atoms with Gasteiger partial charge in [0.25, 0.3) is 0 Å². The summed E-state index contributed by atoms with van der Waals surface area (Å²) in [6.07, 6.45) is 33.4. The Morgan fingerprint density at radius 2 is 1.06 bits per heavy atom. The molecule has 8 bridgehead atoms. The Hall–Kier alpha value is -6.52. The number of nitrogens with zero attached hydrogens (tertiary/aromatic N) is 2. The van der Waals surface area contributed by atoms with E-state index in [-0.39, 0.29) is 0 Å². The second-order valence-electron chi connectivity index (χ2n) is 12.2. The lowest BCUT2D eigenvalue weighted by Crippen LogP contribution is -1.93. The number of benzene rings is 1. The number of hydrogen-bond donors (Lipinski definition) is 2. The molecule has 0 amide bonds. The van der Waals surface area contributed by atoms with Crippen LogP contribution in [0.15, 0.2) is 147 Å². The van der Waals surface area contributed by atoms with Crippen molar-refractivity contribution in [3.05, 3.63) is 187 Å². The second kappa shape index (κ2) is 16.5. The van der Waals surface area contributed by atoms with Gasteiger partial charge >= 0.3 is 0 Å². The van der Waals surface area contributed by atoms with Gasteiger partial charge < -0.3 is 9.97 Å². The third kappa shape index (κ3) is 7.19. The number of aromatic amines is 2. The van der Waals surface area contributed by atoms with Crippen LogP contribution in [-0.4, -0.2) is 19.9 Å². The quantitative estimate of drug-likeness (QED) is 0.106. The van der Waals surface area contributed by atoms with Gasteiger partial charge in [0.15, 0.2) is 0 Å². The molecular formula is C48H44N4. The largest absolute Gasteiger partial charge is 0.354 e. The molecule has 0 radical (unpaired) electrons. The highest BCUT2D eigenvalue weighted by atomic mass is 14.8. The Balaban J connectivity index is 1.88. The Bertz CT molecular complexity index is 2440. The number of nitrogens with one attached hydrogen (secondary N) is 2. The molecule has 6 rings (SSSR count). The lowest BCUT2D eigenvalue weighted by atomic mass is 10.0. The second-order valence-corrected chi connectivity index (χ2v) is 12.2. The van der Waals surface area contributed by atoms with Crippen molar-refractivity contribution in [2.45, 2.75) is 27.2 Å². The Kier molecular flexibility index (Phi) is 11.2. The minimum absolute atomic E-state index is 0.721. The van der Waals surface area contributed by atoms with Crippen molar-refractivity contribution >= 4 is 63.1 Å². The number of aromatic nitrogens is 4. The lowest BCUT2D eigenvalue weighted by Gasteiger charge is -2.08. The van der Waals surface area contributed by atoms with Gasteiger partial charge in [0, 0.05) is 44.3 Å². The third-order valence-electron chi connectivity index (χ3n) is 8.98. The van der Waals surface area contributed by atoms with Crippen LogP contribution in [-0.2, 0) is 0 Å². The maximum Gasteiger partial charge on any atom is 0.0737 e. The van der Waals surface area contributed by atoms with E-state index in [1.165, 1.54) is 0 Å². The number of allylic oxidation sites excluding steroid dienone is 15. The smallest absolute Gasteiger partial charge is 0.0737 e. The van der Waals surface area contributed by atoms with Crippen LogP contribution in [0.3, 0.4) is 0 Å². The number of hydrogen-bond acceptors (Lipinski definition) is 2. The molecule has 2 N–H and O–H groups in total. The van der Waals surface area contributed by atoms with E-state index in [9.17, 15) is 0 Å². The fourth-order valence-corrected chi connectivity index (χ4v) is 6.66. The fraction of sp³-hybridized carbons (Fsp3) is 0.0833. The maximum atomic E-state index is 5.38. The van der Waals surface area contributed by atoms with Crippen LogP contribution in [0.4, 0.5) is 0 Å². The monoisotopic (exact) mass is 676 g/mol. The minimum Gasteiger partial charge on any atom is -0.354 e. The van der Waals surface area contributed by atoms with E-state index >= 15 is 0 Å². The summed E-state index contributed by atoms with van der Waals surface area (Å²) in [4.78, 5) is 18.3. The van der Waals surface area contributed by atoms with Gasteiger partial charge in [-0.15, -0.1) is 6.58 Å². The van der Waals surface area contributed by atoms with Crippen LogP contribution >= 0.6 is 0 Å². The SMILES string of the molecule is C=C/C=C\C(=C/C)c1c2nc(c(C(/C=C\C)=C/CC=C)c3ccc([nH]3)c(-c3ccccc3)c3nc(c(C(/C=C\C=C)=C/C)c4ccc1[nH]4)C=C3)C=C2. The molecule has 0 saturated heterocycles. The minimum atomic E-state index is 0.721. The molecule has 3 aromatic heterocycles. The molecule has 4 aromatic rings. The average Bonchev–Trinajstić information content (AvgIpc) is 4.01. The first-order valence-electron chi connectivity index (χ1n) is 17.6. The van der Waals surface area contributed by atoms with Gasteiger partial charge in [0.2, 0.25) is 0 Å². The normalized spacial score (nSPS) is 13.6. The van der Waals surface area contributed by atoms with Gasteiger partial charge in [-0.25, -0.2) is 9.97 Å². The zero-order valence-corrected chi connectivity index (χ0v) is 30.2. The van der Waals surface area contributed by atoms with Gasteiger partial charge in [-0.1, -0.05) is 116 Å². The molecule has 4 heteroatoms. The summed E-state index contributed by atoms with van der Waals surface area (Å²) in [5.41, 5.74) is 15.4. The molecule has 4 nitrogen and oxygen atoms in total. The van der Waals surface area contributed by atoms with Crippen molar-refractivity contribution in [1.29, 1.82) is 0 Å². The molecule has 0 atom stereocenters. The van der Waals surface area contributed by atoms with E-state index in [0.717, 1.165) is 95.8 Å². The summed E-state index contributed by atoms with van der Waals surface area (Å²) >= 11 is 0. The van der Waals surface area contributed by atoms with Crippen LogP contribution in [0.25, 0.3) is 74.2 Å². The standard InChI is InChI=1S/C48H44N4/c1-7-13-20-33(11-5)45-37-25-26-38(49-37)46(34(12-6)21-14-8-2)40-28-30-43(51-40)48(36-23-17-16-18-24-36)44-32-31-42(52-44)47(41-29-27-39(45)50-41)35(19-10-4)22-15-9-3/h7-14,16-32,49,52H,1-3,15H2,4-6H3/b19-10-,20-13-,21-14-,33-11+,34-12+,35-22+,45-37?,45-39?,46-38?,46-40?,47-41?,47-42?,48-43?,48-44?. The highest BCUT2D eigenvalue weighted by Crippen LogP contribution is 2.36. The Morgan fingerprint density at radius 1 is 0.577 bits per heavy atom. The van der Waals surface area contributed by atoms with Crippen LogP contribution in [0, 0.1) is 0 Å². The van der Waals surface area contributed by atoms with E-state index in [1.807, 2.05) is 31.2 Å². The van der Waals surface area contributed by atoms with Crippen LogP contribution in [0.2, 0.25) is 0 Å². The zero-order valence-electron chi connectivity index (χ0n) is 30.2. The molecule has 1 aromatic carbocycles. The van der Waals surface area contributed by atoms with Crippen molar-refractivity contribution < 1.29 is 0 Å². The first-order valence-corrected chi connectivity index (χ1v) is 17.6. The summed E-state index contributed by atoms with van der Waals surface area (Å²) < 4.78 is 0. The third-order valence-corrected chi connectivity index (χ3v) is 8.98.